The van der Waals surface area contributed by atoms with Crippen LogP contribution in [0, 0.1) is 6.92 Å². The molecule has 2 N–H and O–H groups in total. The Morgan fingerprint density at radius 2 is 1.68 bits per heavy atom. The molecular formula is C15H15Br2NO. The maximum atomic E-state index is 6.02. The highest BCUT2D eigenvalue weighted by atomic mass is 79.9. The SMILES string of the molecule is Cc1ccc(Br)cc1Oc1ccc(Br)cc1CCN. The van der Waals surface area contributed by atoms with E-state index in [0.29, 0.717) is 6.54 Å². The van der Waals surface area contributed by atoms with Crippen LogP contribution in [0.25, 0.3) is 0 Å². The summed E-state index contributed by atoms with van der Waals surface area (Å²) in [5.41, 5.74) is 7.86. The Labute approximate surface area is 130 Å². The summed E-state index contributed by atoms with van der Waals surface area (Å²) >= 11 is 6.94. The molecule has 0 aliphatic carbocycles. The Kier molecular flexibility index (Phi) is 5.02. The van der Waals surface area contributed by atoms with E-state index in [0.717, 1.165) is 38.0 Å². The van der Waals surface area contributed by atoms with Crippen molar-refractivity contribution in [2.24, 2.45) is 5.73 Å². The summed E-state index contributed by atoms with van der Waals surface area (Å²) in [4.78, 5) is 0. The Morgan fingerprint density at radius 3 is 2.42 bits per heavy atom. The van der Waals surface area contributed by atoms with Gasteiger partial charge in [-0.25, -0.2) is 0 Å². The summed E-state index contributed by atoms with van der Waals surface area (Å²) in [7, 11) is 0. The number of rotatable bonds is 4. The van der Waals surface area contributed by atoms with Gasteiger partial charge in [-0.15, -0.1) is 0 Å². The summed E-state index contributed by atoms with van der Waals surface area (Å²) in [6.45, 7) is 2.63. The van der Waals surface area contributed by atoms with Gasteiger partial charge in [0.15, 0.2) is 0 Å². The standard InChI is InChI=1S/C15H15Br2NO/c1-10-2-3-13(17)9-15(10)19-14-5-4-12(16)8-11(14)6-7-18/h2-5,8-9H,6-7,18H2,1H3. The van der Waals surface area contributed by atoms with Gasteiger partial charge in [0, 0.05) is 8.95 Å². The molecule has 0 saturated heterocycles. The number of hydrogen-bond donors (Lipinski definition) is 1. The fourth-order valence-electron chi connectivity index (χ4n) is 1.80. The minimum atomic E-state index is 0.601. The van der Waals surface area contributed by atoms with E-state index in [1.165, 1.54) is 0 Å². The molecule has 0 fully saturated rings. The largest absolute Gasteiger partial charge is 0.457 e. The molecule has 0 heterocycles. The molecule has 2 aromatic rings. The second-order valence-electron chi connectivity index (χ2n) is 4.30. The van der Waals surface area contributed by atoms with E-state index in [-0.39, 0.29) is 0 Å². The van der Waals surface area contributed by atoms with Crippen LogP contribution >= 0.6 is 31.9 Å². The van der Waals surface area contributed by atoms with Crippen molar-refractivity contribution >= 4 is 31.9 Å². The van der Waals surface area contributed by atoms with Crippen LogP contribution in [0.15, 0.2) is 45.3 Å². The van der Waals surface area contributed by atoms with E-state index >= 15 is 0 Å². The predicted octanol–water partition coefficient (Wildman–Crippen LogP) is 4.81. The first kappa shape index (κ1) is 14.6. The summed E-state index contributed by atoms with van der Waals surface area (Å²) in [6, 6.07) is 12.0. The van der Waals surface area contributed by atoms with Crippen LogP contribution in [0.2, 0.25) is 0 Å². The number of halogens is 2. The minimum Gasteiger partial charge on any atom is -0.457 e. The lowest BCUT2D eigenvalue weighted by molar-refractivity contribution is 0.472. The van der Waals surface area contributed by atoms with Crippen molar-refractivity contribution in [3.05, 3.63) is 56.5 Å². The van der Waals surface area contributed by atoms with E-state index < -0.39 is 0 Å². The number of hydrogen-bond acceptors (Lipinski definition) is 2. The fourth-order valence-corrected chi connectivity index (χ4v) is 2.55. The molecule has 100 valence electrons. The molecule has 0 atom stereocenters. The van der Waals surface area contributed by atoms with Crippen LogP contribution in [0.1, 0.15) is 11.1 Å². The van der Waals surface area contributed by atoms with Gasteiger partial charge >= 0.3 is 0 Å². The highest BCUT2D eigenvalue weighted by molar-refractivity contribution is 9.10. The van der Waals surface area contributed by atoms with Crippen LogP contribution in [0.3, 0.4) is 0 Å². The van der Waals surface area contributed by atoms with Crippen molar-refractivity contribution in [3.8, 4) is 11.5 Å². The Hall–Kier alpha value is -0.840. The van der Waals surface area contributed by atoms with E-state index in [1.54, 1.807) is 0 Å². The van der Waals surface area contributed by atoms with E-state index in [2.05, 4.69) is 37.9 Å². The Morgan fingerprint density at radius 1 is 1.00 bits per heavy atom. The quantitative estimate of drug-likeness (QED) is 0.820. The second-order valence-corrected chi connectivity index (χ2v) is 6.13. The third-order valence-electron chi connectivity index (χ3n) is 2.81. The van der Waals surface area contributed by atoms with Crippen LogP contribution in [0.4, 0.5) is 0 Å². The van der Waals surface area contributed by atoms with Crippen LogP contribution in [-0.4, -0.2) is 6.54 Å². The summed E-state index contributed by atoms with van der Waals surface area (Å²) in [5.74, 6) is 1.71. The average molecular weight is 385 g/mol. The van der Waals surface area contributed by atoms with Gasteiger partial charge in [-0.2, -0.15) is 0 Å². The normalized spacial score (nSPS) is 10.5. The van der Waals surface area contributed by atoms with Gasteiger partial charge in [-0.1, -0.05) is 37.9 Å². The summed E-state index contributed by atoms with van der Waals surface area (Å²) < 4.78 is 8.06. The number of nitrogens with two attached hydrogens (primary N) is 1. The maximum absolute atomic E-state index is 6.02. The molecule has 0 aromatic heterocycles. The van der Waals surface area contributed by atoms with Crippen molar-refractivity contribution < 1.29 is 4.74 Å². The third-order valence-corrected chi connectivity index (χ3v) is 3.79. The molecule has 2 nitrogen and oxygen atoms in total. The lowest BCUT2D eigenvalue weighted by Crippen LogP contribution is -2.04. The van der Waals surface area contributed by atoms with Gasteiger partial charge in [0.1, 0.15) is 11.5 Å². The van der Waals surface area contributed by atoms with Gasteiger partial charge in [0.05, 0.1) is 0 Å². The predicted molar refractivity (Wildman–Crippen MR) is 85.9 cm³/mol. The topological polar surface area (TPSA) is 35.2 Å². The molecule has 0 unspecified atom stereocenters. The zero-order chi connectivity index (χ0) is 13.8. The molecule has 0 aliphatic rings. The number of benzene rings is 2. The van der Waals surface area contributed by atoms with Gasteiger partial charge < -0.3 is 10.5 Å². The molecule has 0 radical (unpaired) electrons. The zero-order valence-electron chi connectivity index (χ0n) is 10.6. The first-order valence-corrected chi connectivity index (χ1v) is 7.61. The van der Waals surface area contributed by atoms with E-state index in [9.17, 15) is 0 Å². The minimum absolute atomic E-state index is 0.601. The van der Waals surface area contributed by atoms with Crippen LogP contribution in [0.5, 0.6) is 11.5 Å². The molecule has 2 aromatic carbocycles. The lowest BCUT2D eigenvalue weighted by Gasteiger charge is -2.13. The van der Waals surface area contributed by atoms with Crippen molar-refractivity contribution in [1.82, 2.24) is 0 Å². The smallest absolute Gasteiger partial charge is 0.131 e. The first-order chi connectivity index (χ1) is 9.10. The van der Waals surface area contributed by atoms with Crippen molar-refractivity contribution in [3.63, 3.8) is 0 Å². The van der Waals surface area contributed by atoms with E-state index in [4.69, 9.17) is 10.5 Å². The molecule has 0 bridgehead atoms. The molecule has 0 amide bonds. The average Bonchev–Trinajstić information content (AvgIpc) is 2.37. The lowest BCUT2D eigenvalue weighted by atomic mass is 10.1. The molecule has 2 rings (SSSR count). The maximum Gasteiger partial charge on any atom is 0.131 e. The molecule has 0 spiro atoms. The summed E-state index contributed by atoms with van der Waals surface area (Å²) in [5, 5.41) is 0. The van der Waals surface area contributed by atoms with Crippen molar-refractivity contribution in [2.45, 2.75) is 13.3 Å². The highest BCUT2D eigenvalue weighted by Gasteiger charge is 2.07. The van der Waals surface area contributed by atoms with Crippen molar-refractivity contribution in [1.29, 1.82) is 0 Å². The molecule has 19 heavy (non-hydrogen) atoms. The van der Waals surface area contributed by atoms with Gasteiger partial charge in [-0.05, 0) is 61.3 Å². The first-order valence-electron chi connectivity index (χ1n) is 6.02. The number of aryl methyl sites for hydroxylation is 1. The molecule has 0 saturated carbocycles. The monoisotopic (exact) mass is 383 g/mol. The second kappa shape index (κ2) is 6.55. The molecular weight excluding hydrogens is 370 g/mol. The number of ether oxygens (including phenoxy) is 1. The summed E-state index contributed by atoms with van der Waals surface area (Å²) in [6.07, 6.45) is 0.793. The molecule has 4 heteroatoms. The van der Waals surface area contributed by atoms with Crippen LogP contribution in [-0.2, 0) is 6.42 Å². The van der Waals surface area contributed by atoms with Gasteiger partial charge in [0.25, 0.3) is 0 Å². The van der Waals surface area contributed by atoms with Gasteiger partial charge in [0.2, 0.25) is 0 Å². The Bertz CT molecular complexity index is 584. The van der Waals surface area contributed by atoms with Crippen LogP contribution < -0.4 is 10.5 Å². The Balaban J connectivity index is 2.34. The molecule has 0 aliphatic heterocycles. The highest BCUT2D eigenvalue weighted by Crippen LogP contribution is 2.31. The van der Waals surface area contributed by atoms with E-state index in [1.807, 2.05) is 37.3 Å². The van der Waals surface area contributed by atoms with Crippen molar-refractivity contribution in [2.75, 3.05) is 6.54 Å². The fraction of sp³-hybridized carbons (Fsp3) is 0.200. The van der Waals surface area contributed by atoms with Gasteiger partial charge in [-0.3, -0.25) is 0 Å². The third kappa shape index (κ3) is 3.81. The zero-order valence-corrected chi connectivity index (χ0v) is 13.8.